The van der Waals surface area contributed by atoms with Crippen LogP contribution in [0.15, 0.2) is 24.3 Å². The van der Waals surface area contributed by atoms with E-state index in [-0.39, 0.29) is 5.75 Å². The molecule has 1 fully saturated rings. The van der Waals surface area contributed by atoms with Gasteiger partial charge in [0.25, 0.3) is 0 Å². The lowest BCUT2D eigenvalue weighted by atomic mass is 9.99. The first-order valence-electron chi connectivity index (χ1n) is 8.37. The molecule has 1 heterocycles. The third kappa shape index (κ3) is 5.81. The van der Waals surface area contributed by atoms with Crippen LogP contribution in [0.5, 0.6) is 11.5 Å². The van der Waals surface area contributed by atoms with E-state index in [2.05, 4.69) is 0 Å². The lowest BCUT2D eigenvalue weighted by molar-refractivity contribution is -0.301. The minimum Gasteiger partial charge on any atom is -0.508 e. The number of aliphatic hydroxyl groups is 4. The van der Waals surface area contributed by atoms with Gasteiger partial charge in [-0.05, 0) is 43.5 Å². The first-order chi connectivity index (χ1) is 12.0. The maximum Gasteiger partial charge on any atom is 0.186 e. The van der Waals surface area contributed by atoms with Crippen molar-refractivity contribution in [2.45, 2.75) is 50.0 Å². The Morgan fingerprint density at radius 1 is 0.880 bits per heavy atom. The molecule has 2 rings (SSSR count). The number of aromatic hydroxyl groups is 1. The Hall–Kier alpha value is -1.42. The first kappa shape index (κ1) is 19.9. The lowest BCUT2D eigenvalue weighted by Gasteiger charge is -2.39. The molecule has 1 aliphatic rings. The molecule has 0 spiro atoms. The molecular weight excluding hydrogens is 332 g/mol. The number of rotatable bonds is 9. The maximum atomic E-state index is 9.83. The molecule has 0 aromatic heterocycles. The highest BCUT2D eigenvalue weighted by Gasteiger charge is 2.43. The predicted molar refractivity (Wildman–Crippen MR) is 87.2 cm³/mol. The summed E-state index contributed by atoms with van der Waals surface area (Å²) in [6.45, 7) is 0.367. The van der Waals surface area contributed by atoms with Gasteiger partial charge < -0.3 is 39.7 Å². The number of aliphatic hydroxyl groups excluding tert-OH is 4. The molecule has 0 amide bonds. The summed E-state index contributed by atoms with van der Waals surface area (Å²) in [5.74, 6) is 0.882. The summed E-state index contributed by atoms with van der Waals surface area (Å²) in [6.07, 6.45) is -3.87. The topological polar surface area (TPSA) is 129 Å². The summed E-state index contributed by atoms with van der Waals surface area (Å²) in [4.78, 5) is 0. The molecule has 8 heteroatoms. The fourth-order valence-electron chi connectivity index (χ4n) is 2.52. The van der Waals surface area contributed by atoms with Crippen LogP contribution in [0.3, 0.4) is 0 Å². The fraction of sp³-hybridized carbons (Fsp3) is 0.647. The molecule has 1 saturated heterocycles. The molecule has 1 aliphatic heterocycles. The third-order valence-corrected chi connectivity index (χ3v) is 4.02. The van der Waals surface area contributed by atoms with Crippen molar-refractivity contribution in [2.75, 3.05) is 19.8 Å². The van der Waals surface area contributed by atoms with Gasteiger partial charge in [0, 0.05) is 6.61 Å². The zero-order chi connectivity index (χ0) is 18.2. The van der Waals surface area contributed by atoms with Crippen molar-refractivity contribution in [1.29, 1.82) is 0 Å². The van der Waals surface area contributed by atoms with Crippen LogP contribution in [-0.2, 0) is 9.47 Å². The van der Waals surface area contributed by atoms with E-state index in [4.69, 9.17) is 19.3 Å². The quantitative estimate of drug-likeness (QED) is 0.383. The van der Waals surface area contributed by atoms with Gasteiger partial charge in [0.2, 0.25) is 0 Å². The molecule has 8 nitrogen and oxygen atoms in total. The molecule has 0 radical (unpaired) electrons. The van der Waals surface area contributed by atoms with Crippen LogP contribution in [0.4, 0.5) is 0 Å². The van der Waals surface area contributed by atoms with Gasteiger partial charge in [-0.25, -0.2) is 0 Å². The minimum atomic E-state index is -1.42. The van der Waals surface area contributed by atoms with Crippen molar-refractivity contribution < 1.29 is 39.7 Å². The number of phenols is 1. The molecule has 0 saturated carbocycles. The second-order valence-corrected chi connectivity index (χ2v) is 5.97. The van der Waals surface area contributed by atoms with E-state index in [1.54, 1.807) is 24.3 Å². The van der Waals surface area contributed by atoms with Crippen molar-refractivity contribution in [3.63, 3.8) is 0 Å². The second-order valence-electron chi connectivity index (χ2n) is 5.97. The summed E-state index contributed by atoms with van der Waals surface area (Å²) >= 11 is 0. The largest absolute Gasteiger partial charge is 0.508 e. The molecule has 1 aromatic carbocycles. The van der Waals surface area contributed by atoms with E-state index in [0.29, 0.717) is 25.4 Å². The van der Waals surface area contributed by atoms with Gasteiger partial charge >= 0.3 is 0 Å². The maximum absolute atomic E-state index is 9.83. The summed E-state index contributed by atoms with van der Waals surface area (Å²) in [7, 11) is 0. The molecule has 25 heavy (non-hydrogen) atoms. The number of hydrogen-bond donors (Lipinski definition) is 5. The zero-order valence-corrected chi connectivity index (χ0v) is 13.9. The number of phenolic OH excluding ortho intramolecular Hbond substituents is 1. The minimum absolute atomic E-state index is 0.192. The summed E-state index contributed by atoms with van der Waals surface area (Å²) in [5, 5.41) is 47.4. The monoisotopic (exact) mass is 358 g/mol. The van der Waals surface area contributed by atoms with E-state index in [9.17, 15) is 20.4 Å². The highest BCUT2D eigenvalue weighted by atomic mass is 16.7. The Kier molecular flexibility index (Phi) is 7.89. The second kappa shape index (κ2) is 9.91. The molecule has 142 valence electrons. The highest BCUT2D eigenvalue weighted by molar-refractivity contribution is 5.29. The van der Waals surface area contributed by atoms with E-state index >= 15 is 0 Å². The molecule has 1 aromatic rings. The van der Waals surface area contributed by atoms with Gasteiger partial charge in [-0.2, -0.15) is 0 Å². The molecule has 0 unspecified atom stereocenters. The van der Waals surface area contributed by atoms with E-state index in [1.807, 2.05) is 0 Å². The molecular formula is C17H26O8. The van der Waals surface area contributed by atoms with Gasteiger partial charge in [0.15, 0.2) is 6.29 Å². The number of hydrogen-bond acceptors (Lipinski definition) is 8. The Morgan fingerprint density at radius 2 is 1.56 bits per heavy atom. The van der Waals surface area contributed by atoms with Crippen LogP contribution in [0.1, 0.15) is 19.3 Å². The van der Waals surface area contributed by atoms with E-state index < -0.39 is 37.3 Å². The fourth-order valence-corrected chi connectivity index (χ4v) is 2.52. The average molecular weight is 358 g/mol. The Morgan fingerprint density at radius 3 is 2.24 bits per heavy atom. The van der Waals surface area contributed by atoms with Crippen molar-refractivity contribution in [3.05, 3.63) is 24.3 Å². The molecule has 0 bridgehead atoms. The SMILES string of the molecule is OC[C@H]1O[C@@H](OCCCCCOc2ccc(O)cc2)[C@H](O)[C@@H](O)[C@@H]1O. The van der Waals surface area contributed by atoms with Gasteiger partial charge in [-0.1, -0.05) is 0 Å². The van der Waals surface area contributed by atoms with Gasteiger partial charge in [0.1, 0.15) is 35.9 Å². The summed E-state index contributed by atoms with van der Waals surface area (Å²) in [5.41, 5.74) is 0. The van der Waals surface area contributed by atoms with Crippen molar-refractivity contribution >= 4 is 0 Å². The van der Waals surface area contributed by atoms with Crippen molar-refractivity contribution in [3.8, 4) is 11.5 Å². The standard InChI is InChI=1S/C17H26O8/c18-10-13-14(20)15(21)16(22)17(25-13)24-9-3-1-2-8-23-12-6-4-11(19)5-7-12/h4-7,13-22H,1-3,8-10H2/t13-,14-,15+,16-,17-/m1/s1. The van der Waals surface area contributed by atoms with Crippen LogP contribution in [-0.4, -0.2) is 76.1 Å². The number of unbranched alkanes of at least 4 members (excludes halogenated alkanes) is 2. The first-order valence-corrected chi connectivity index (χ1v) is 8.37. The Bertz CT molecular complexity index is 492. The van der Waals surface area contributed by atoms with Crippen LogP contribution in [0.25, 0.3) is 0 Å². The summed E-state index contributed by atoms with van der Waals surface area (Å²) in [6, 6.07) is 6.50. The Balaban J connectivity index is 1.58. The van der Waals surface area contributed by atoms with Crippen LogP contribution in [0, 0.1) is 0 Å². The smallest absolute Gasteiger partial charge is 0.186 e. The van der Waals surface area contributed by atoms with Crippen LogP contribution >= 0.6 is 0 Å². The van der Waals surface area contributed by atoms with E-state index in [1.165, 1.54) is 0 Å². The molecule has 0 aliphatic carbocycles. The molecule has 5 atom stereocenters. The third-order valence-electron chi connectivity index (χ3n) is 4.02. The highest BCUT2D eigenvalue weighted by Crippen LogP contribution is 2.22. The Labute approximate surface area is 146 Å². The normalized spacial score (nSPS) is 29.5. The summed E-state index contributed by atoms with van der Waals surface area (Å²) < 4.78 is 16.2. The predicted octanol–water partition coefficient (Wildman–Crippen LogP) is -0.242. The lowest BCUT2D eigenvalue weighted by Crippen LogP contribution is -2.59. The van der Waals surface area contributed by atoms with Gasteiger partial charge in [0.05, 0.1) is 13.2 Å². The van der Waals surface area contributed by atoms with Gasteiger partial charge in [-0.3, -0.25) is 0 Å². The van der Waals surface area contributed by atoms with Gasteiger partial charge in [-0.15, -0.1) is 0 Å². The van der Waals surface area contributed by atoms with Crippen molar-refractivity contribution in [1.82, 2.24) is 0 Å². The van der Waals surface area contributed by atoms with Crippen LogP contribution in [0.2, 0.25) is 0 Å². The number of ether oxygens (including phenoxy) is 3. The number of benzene rings is 1. The van der Waals surface area contributed by atoms with Crippen LogP contribution < -0.4 is 4.74 Å². The average Bonchev–Trinajstić information content (AvgIpc) is 2.62. The van der Waals surface area contributed by atoms with E-state index in [0.717, 1.165) is 12.8 Å². The zero-order valence-electron chi connectivity index (χ0n) is 13.9. The van der Waals surface area contributed by atoms with Crippen molar-refractivity contribution in [2.24, 2.45) is 0 Å². The molecule has 5 N–H and O–H groups in total.